The molecule has 13 heavy (non-hydrogen) atoms. The number of hydrogen-bond donors (Lipinski definition) is 1. The first-order valence-corrected chi connectivity index (χ1v) is 5.46. The zero-order valence-corrected chi connectivity index (χ0v) is 7.67. The Labute approximate surface area is 74.7 Å². The zero-order valence-electron chi connectivity index (χ0n) is 6.85. The number of aromatic nitrogens is 3. The Bertz CT molecular complexity index is 544. The third kappa shape index (κ3) is 1.29. The molecule has 1 N–H and O–H groups in total. The Morgan fingerprint density at radius 2 is 2.23 bits per heavy atom. The van der Waals surface area contributed by atoms with Gasteiger partial charge >= 0.3 is 0 Å². The highest BCUT2D eigenvalue weighted by atomic mass is 32.2. The fourth-order valence-corrected chi connectivity index (χ4v) is 2.01. The highest BCUT2D eigenvalue weighted by molar-refractivity contribution is 7.91. The van der Waals surface area contributed by atoms with Crippen LogP contribution in [0.5, 0.6) is 0 Å². The summed E-state index contributed by atoms with van der Waals surface area (Å²) in [5.41, 5.74) is 0.489. The van der Waals surface area contributed by atoms with E-state index in [1.165, 1.54) is 18.5 Å². The van der Waals surface area contributed by atoms with Gasteiger partial charge in [0.05, 0.1) is 16.5 Å². The second-order valence-corrected chi connectivity index (χ2v) is 4.70. The number of rotatable bonds is 1. The molecule has 6 heteroatoms. The topological polar surface area (TPSA) is 75.7 Å². The van der Waals surface area contributed by atoms with E-state index in [1.807, 2.05) is 0 Å². The molecular formula is C7H7N3O2S. The highest BCUT2D eigenvalue weighted by Crippen LogP contribution is 2.18. The molecule has 2 rings (SSSR count). The van der Waals surface area contributed by atoms with Crippen LogP contribution in [0, 0.1) is 0 Å². The molecule has 0 aliphatic rings. The molecule has 0 saturated carbocycles. The molecule has 0 aliphatic carbocycles. The normalized spacial score (nSPS) is 12.1. The van der Waals surface area contributed by atoms with Crippen LogP contribution in [0.2, 0.25) is 0 Å². The van der Waals surface area contributed by atoms with Crippen molar-refractivity contribution in [1.82, 2.24) is 15.2 Å². The number of pyridine rings is 1. The standard InChI is InChI=1S/C7H7N3O2S/c1-13(11,12)6-2-3-8-7-5(6)4-9-10-7/h2-4H,1H3,(H,8,9,10). The lowest BCUT2D eigenvalue weighted by molar-refractivity contribution is 0.602. The highest BCUT2D eigenvalue weighted by Gasteiger charge is 2.12. The monoisotopic (exact) mass is 197 g/mol. The quantitative estimate of drug-likeness (QED) is 0.716. The van der Waals surface area contributed by atoms with Gasteiger partial charge in [-0.2, -0.15) is 5.10 Å². The van der Waals surface area contributed by atoms with Crippen molar-refractivity contribution in [3.05, 3.63) is 18.5 Å². The van der Waals surface area contributed by atoms with Crippen LogP contribution >= 0.6 is 0 Å². The summed E-state index contributed by atoms with van der Waals surface area (Å²) < 4.78 is 22.6. The maximum atomic E-state index is 11.3. The molecule has 68 valence electrons. The maximum Gasteiger partial charge on any atom is 0.176 e. The number of H-pyrrole nitrogens is 1. The zero-order chi connectivity index (χ0) is 9.47. The molecule has 0 atom stereocenters. The maximum absolute atomic E-state index is 11.3. The van der Waals surface area contributed by atoms with E-state index in [4.69, 9.17) is 0 Å². The molecule has 0 unspecified atom stereocenters. The molecule has 2 aromatic rings. The summed E-state index contributed by atoms with van der Waals surface area (Å²) >= 11 is 0. The third-order valence-corrected chi connectivity index (χ3v) is 2.87. The van der Waals surface area contributed by atoms with E-state index in [9.17, 15) is 8.42 Å². The van der Waals surface area contributed by atoms with Gasteiger partial charge in [0, 0.05) is 12.5 Å². The second kappa shape index (κ2) is 2.53. The van der Waals surface area contributed by atoms with Crippen molar-refractivity contribution in [3.8, 4) is 0 Å². The summed E-state index contributed by atoms with van der Waals surface area (Å²) in [4.78, 5) is 4.19. The van der Waals surface area contributed by atoms with Gasteiger partial charge in [0.2, 0.25) is 0 Å². The largest absolute Gasteiger partial charge is 0.261 e. The lowest BCUT2D eigenvalue weighted by atomic mass is 10.4. The smallest absolute Gasteiger partial charge is 0.176 e. The molecule has 0 radical (unpaired) electrons. The summed E-state index contributed by atoms with van der Waals surface area (Å²) in [5, 5.41) is 6.86. The minimum atomic E-state index is -3.20. The van der Waals surface area contributed by atoms with Gasteiger partial charge in [0.25, 0.3) is 0 Å². The van der Waals surface area contributed by atoms with E-state index >= 15 is 0 Å². The van der Waals surface area contributed by atoms with Crippen molar-refractivity contribution < 1.29 is 8.42 Å². The Hall–Kier alpha value is -1.43. The predicted octanol–water partition coefficient (Wildman–Crippen LogP) is 0.361. The van der Waals surface area contributed by atoms with Crippen LogP contribution in [-0.2, 0) is 9.84 Å². The van der Waals surface area contributed by atoms with Crippen LogP contribution in [0.15, 0.2) is 23.4 Å². The molecule has 2 aromatic heterocycles. The molecule has 0 aliphatic heterocycles. The van der Waals surface area contributed by atoms with Crippen molar-refractivity contribution in [3.63, 3.8) is 0 Å². The third-order valence-electron chi connectivity index (χ3n) is 1.71. The van der Waals surface area contributed by atoms with Crippen LogP contribution in [0.3, 0.4) is 0 Å². The number of fused-ring (bicyclic) bond motifs is 1. The molecule has 0 bridgehead atoms. The van der Waals surface area contributed by atoms with Crippen molar-refractivity contribution >= 4 is 20.9 Å². The molecule has 5 nitrogen and oxygen atoms in total. The number of sulfone groups is 1. The molecule has 0 fully saturated rings. The van der Waals surface area contributed by atoms with Gasteiger partial charge in [-0.25, -0.2) is 13.4 Å². The fraction of sp³-hybridized carbons (Fsp3) is 0.143. The summed E-state index contributed by atoms with van der Waals surface area (Å²) in [6, 6.07) is 1.47. The fourth-order valence-electron chi connectivity index (χ4n) is 1.15. The first-order valence-electron chi connectivity index (χ1n) is 3.57. The van der Waals surface area contributed by atoms with E-state index in [0.29, 0.717) is 11.0 Å². The van der Waals surface area contributed by atoms with Gasteiger partial charge < -0.3 is 0 Å². The molecule has 2 heterocycles. The average Bonchev–Trinajstić information content (AvgIpc) is 2.48. The van der Waals surface area contributed by atoms with Crippen molar-refractivity contribution in [1.29, 1.82) is 0 Å². The van der Waals surface area contributed by atoms with E-state index in [0.717, 1.165) is 6.26 Å². The van der Waals surface area contributed by atoms with E-state index < -0.39 is 9.84 Å². The molecule has 0 aromatic carbocycles. The SMILES string of the molecule is CS(=O)(=O)c1ccnc2[nH]ncc12. The first kappa shape index (κ1) is 8.18. The molecule has 0 saturated heterocycles. The Kier molecular flexibility index (Phi) is 1.59. The summed E-state index contributed by atoms with van der Waals surface area (Å²) in [7, 11) is -3.20. The predicted molar refractivity (Wildman–Crippen MR) is 47.0 cm³/mol. The second-order valence-electron chi connectivity index (χ2n) is 2.71. The first-order chi connectivity index (χ1) is 6.09. The summed E-state index contributed by atoms with van der Waals surface area (Å²) in [6.07, 6.45) is 4.06. The molecular weight excluding hydrogens is 190 g/mol. The minimum absolute atomic E-state index is 0.256. The molecule has 0 amide bonds. The summed E-state index contributed by atoms with van der Waals surface area (Å²) in [6.45, 7) is 0. The van der Waals surface area contributed by atoms with Crippen LogP contribution in [0.25, 0.3) is 11.0 Å². The Morgan fingerprint density at radius 1 is 1.46 bits per heavy atom. The van der Waals surface area contributed by atoms with Gasteiger partial charge in [-0.1, -0.05) is 0 Å². The molecule has 0 spiro atoms. The van der Waals surface area contributed by atoms with Gasteiger partial charge in [-0.3, -0.25) is 5.10 Å². The van der Waals surface area contributed by atoms with Gasteiger partial charge in [-0.05, 0) is 6.07 Å². The van der Waals surface area contributed by atoms with E-state index in [2.05, 4.69) is 15.2 Å². The number of hydrogen-bond acceptors (Lipinski definition) is 4. The Balaban J connectivity index is 2.91. The van der Waals surface area contributed by atoms with Crippen LogP contribution in [0.1, 0.15) is 0 Å². The van der Waals surface area contributed by atoms with E-state index in [1.54, 1.807) is 0 Å². The average molecular weight is 197 g/mol. The van der Waals surface area contributed by atoms with Gasteiger partial charge in [0.1, 0.15) is 0 Å². The summed E-state index contributed by atoms with van der Waals surface area (Å²) in [5.74, 6) is 0. The van der Waals surface area contributed by atoms with Gasteiger partial charge in [-0.15, -0.1) is 0 Å². The number of nitrogens with one attached hydrogen (secondary N) is 1. The van der Waals surface area contributed by atoms with Crippen molar-refractivity contribution in [2.75, 3.05) is 6.26 Å². The Morgan fingerprint density at radius 3 is 2.92 bits per heavy atom. The number of nitrogens with zero attached hydrogens (tertiary/aromatic N) is 2. The number of aromatic amines is 1. The van der Waals surface area contributed by atoms with Crippen molar-refractivity contribution in [2.45, 2.75) is 4.90 Å². The van der Waals surface area contributed by atoms with Crippen LogP contribution in [-0.4, -0.2) is 29.9 Å². The lowest BCUT2D eigenvalue weighted by Gasteiger charge is -1.97. The van der Waals surface area contributed by atoms with Crippen molar-refractivity contribution in [2.24, 2.45) is 0 Å². The van der Waals surface area contributed by atoms with Gasteiger partial charge in [0.15, 0.2) is 15.5 Å². The van der Waals surface area contributed by atoms with E-state index in [-0.39, 0.29) is 4.90 Å². The lowest BCUT2D eigenvalue weighted by Crippen LogP contribution is -1.97. The van der Waals surface area contributed by atoms with Crippen LogP contribution in [0.4, 0.5) is 0 Å². The van der Waals surface area contributed by atoms with Crippen LogP contribution < -0.4 is 0 Å². The minimum Gasteiger partial charge on any atom is -0.261 e.